The quantitative estimate of drug-likeness (QED) is 0.432. The van der Waals surface area contributed by atoms with Crippen molar-refractivity contribution in [3.05, 3.63) is 0 Å². The molecular formula is C8H20N2O. The van der Waals surface area contributed by atoms with Gasteiger partial charge in [0.05, 0.1) is 0 Å². The lowest BCUT2D eigenvalue weighted by atomic mass is 10.3. The minimum Gasteiger partial charge on any atom is -0.379 e. The molecule has 0 rings (SSSR count). The second kappa shape index (κ2) is 6.58. The molecule has 0 heterocycles. The summed E-state index contributed by atoms with van der Waals surface area (Å²) < 4.78 is 0. The maximum atomic E-state index is 9.10. The molecule has 0 amide bonds. The summed E-state index contributed by atoms with van der Waals surface area (Å²) >= 11 is 0. The average molecular weight is 160 g/mol. The predicted molar refractivity (Wildman–Crippen MR) is 47.5 cm³/mol. The maximum absolute atomic E-state index is 9.10. The van der Waals surface area contributed by atoms with Crippen molar-refractivity contribution in [2.24, 2.45) is 0 Å². The summed E-state index contributed by atoms with van der Waals surface area (Å²) in [6.07, 6.45) is 1.55. The minimum absolute atomic E-state index is 0.322. The van der Waals surface area contributed by atoms with Crippen LogP contribution in [0.15, 0.2) is 0 Å². The minimum atomic E-state index is -0.322. The van der Waals surface area contributed by atoms with Gasteiger partial charge in [-0.2, -0.15) is 0 Å². The van der Waals surface area contributed by atoms with Crippen molar-refractivity contribution in [2.75, 3.05) is 27.2 Å². The fourth-order valence-corrected chi connectivity index (χ4v) is 0.808. The molecule has 0 aromatic rings. The van der Waals surface area contributed by atoms with Crippen LogP contribution in [0.1, 0.15) is 19.8 Å². The molecule has 0 aliphatic rings. The molecule has 0 spiro atoms. The average Bonchev–Trinajstić information content (AvgIpc) is 1.97. The third kappa shape index (κ3) is 7.78. The normalized spacial score (nSPS) is 13.9. The highest BCUT2D eigenvalue weighted by atomic mass is 16.3. The first kappa shape index (κ1) is 10.9. The van der Waals surface area contributed by atoms with Gasteiger partial charge >= 0.3 is 0 Å². The van der Waals surface area contributed by atoms with Crippen molar-refractivity contribution < 1.29 is 5.11 Å². The number of rotatable bonds is 6. The molecule has 0 radical (unpaired) electrons. The van der Waals surface area contributed by atoms with Crippen LogP contribution in [0.5, 0.6) is 0 Å². The molecular weight excluding hydrogens is 140 g/mol. The van der Waals surface area contributed by atoms with Crippen molar-refractivity contribution in [2.45, 2.75) is 26.0 Å². The number of aliphatic hydroxyl groups excluding tert-OH is 1. The highest BCUT2D eigenvalue weighted by Crippen LogP contribution is 1.85. The molecule has 0 fully saturated rings. The number of nitrogens with zero attached hydrogens (tertiary/aromatic N) is 1. The summed E-state index contributed by atoms with van der Waals surface area (Å²) in [6, 6.07) is 0. The van der Waals surface area contributed by atoms with E-state index in [4.69, 9.17) is 5.11 Å². The Morgan fingerprint density at radius 3 is 2.55 bits per heavy atom. The van der Waals surface area contributed by atoms with Crippen LogP contribution in [0, 0.1) is 0 Å². The molecule has 0 aliphatic carbocycles. The van der Waals surface area contributed by atoms with E-state index in [1.165, 1.54) is 0 Å². The van der Waals surface area contributed by atoms with E-state index in [1.807, 2.05) is 6.92 Å². The van der Waals surface area contributed by atoms with Gasteiger partial charge in [-0.05, 0) is 40.0 Å². The molecule has 0 bridgehead atoms. The Balaban J connectivity index is 3.01. The van der Waals surface area contributed by atoms with Crippen molar-refractivity contribution >= 4 is 0 Å². The molecule has 0 saturated heterocycles. The first-order chi connectivity index (χ1) is 5.16. The number of hydrogen-bond acceptors (Lipinski definition) is 3. The van der Waals surface area contributed by atoms with E-state index in [-0.39, 0.29) is 6.23 Å². The fraction of sp³-hybridized carbons (Fsp3) is 1.00. The first-order valence-corrected chi connectivity index (χ1v) is 4.23. The van der Waals surface area contributed by atoms with Crippen molar-refractivity contribution in [1.29, 1.82) is 0 Å². The zero-order chi connectivity index (χ0) is 8.69. The SMILES string of the molecule is CCC(O)NCCCN(C)C. The standard InChI is InChI=1S/C8H20N2O/c1-4-8(11)9-6-5-7-10(2)3/h8-9,11H,4-7H2,1-3H3. The van der Waals surface area contributed by atoms with Crippen molar-refractivity contribution in [1.82, 2.24) is 10.2 Å². The van der Waals surface area contributed by atoms with Gasteiger partial charge in [0.1, 0.15) is 6.23 Å². The molecule has 0 saturated carbocycles. The van der Waals surface area contributed by atoms with E-state index < -0.39 is 0 Å². The van der Waals surface area contributed by atoms with Crippen LogP contribution in [0.25, 0.3) is 0 Å². The Morgan fingerprint density at radius 1 is 1.45 bits per heavy atom. The molecule has 0 aromatic carbocycles. The topological polar surface area (TPSA) is 35.5 Å². The van der Waals surface area contributed by atoms with Crippen LogP contribution in [0.2, 0.25) is 0 Å². The summed E-state index contributed by atoms with van der Waals surface area (Å²) in [7, 11) is 4.10. The van der Waals surface area contributed by atoms with Crippen LogP contribution >= 0.6 is 0 Å². The van der Waals surface area contributed by atoms with Gasteiger partial charge in [0.25, 0.3) is 0 Å². The van der Waals surface area contributed by atoms with Gasteiger partial charge in [0.2, 0.25) is 0 Å². The molecule has 68 valence electrons. The van der Waals surface area contributed by atoms with Gasteiger partial charge in [-0.3, -0.25) is 5.32 Å². The van der Waals surface area contributed by atoms with E-state index in [2.05, 4.69) is 24.3 Å². The Hall–Kier alpha value is -0.120. The summed E-state index contributed by atoms with van der Waals surface area (Å²) in [5, 5.41) is 12.1. The third-order valence-electron chi connectivity index (χ3n) is 1.55. The second-order valence-corrected chi connectivity index (χ2v) is 3.03. The van der Waals surface area contributed by atoms with Gasteiger partial charge < -0.3 is 10.0 Å². The monoisotopic (exact) mass is 160 g/mol. The summed E-state index contributed by atoms with van der Waals surface area (Å²) in [6.45, 7) is 3.93. The first-order valence-electron chi connectivity index (χ1n) is 4.23. The fourth-order valence-electron chi connectivity index (χ4n) is 0.808. The van der Waals surface area contributed by atoms with Gasteiger partial charge in [-0.25, -0.2) is 0 Å². The van der Waals surface area contributed by atoms with Gasteiger partial charge in [-0.1, -0.05) is 6.92 Å². The van der Waals surface area contributed by atoms with E-state index in [9.17, 15) is 0 Å². The Morgan fingerprint density at radius 2 is 2.09 bits per heavy atom. The van der Waals surface area contributed by atoms with E-state index in [0.29, 0.717) is 0 Å². The zero-order valence-electron chi connectivity index (χ0n) is 7.80. The van der Waals surface area contributed by atoms with E-state index in [0.717, 1.165) is 25.9 Å². The lowest BCUT2D eigenvalue weighted by Crippen LogP contribution is -2.30. The van der Waals surface area contributed by atoms with Crippen LogP contribution < -0.4 is 5.32 Å². The van der Waals surface area contributed by atoms with Crippen LogP contribution in [-0.2, 0) is 0 Å². The third-order valence-corrected chi connectivity index (χ3v) is 1.55. The number of nitrogens with one attached hydrogen (secondary N) is 1. The molecule has 1 atom stereocenters. The second-order valence-electron chi connectivity index (χ2n) is 3.03. The highest BCUT2D eigenvalue weighted by molar-refractivity contribution is 4.52. The molecule has 2 N–H and O–H groups in total. The van der Waals surface area contributed by atoms with Crippen LogP contribution in [0.3, 0.4) is 0 Å². The molecule has 0 aromatic heterocycles. The molecule has 0 aliphatic heterocycles. The molecule has 11 heavy (non-hydrogen) atoms. The van der Waals surface area contributed by atoms with Gasteiger partial charge in [0, 0.05) is 0 Å². The Bertz CT molecular complexity index is 86.2. The van der Waals surface area contributed by atoms with Gasteiger partial charge in [-0.15, -0.1) is 0 Å². The van der Waals surface area contributed by atoms with E-state index in [1.54, 1.807) is 0 Å². The Labute approximate surface area is 69.4 Å². The van der Waals surface area contributed by atoms with Crippen molar-refractivity contribution in [3.8, 4) is 0 Å². The maximum Gasteiger partial charge on any atom is 0.104 e. The zero-order valence-corrected chi connectivity index (χ0v) is 7.80. The van der Waals surface area contributed by atoms with Crippen molar-refractivity contribution in [3.63, 3.8) is 0 Å². The number of hydrogen-bond donors (Lipinski definition) is 2. The summed E-state index contributed by atoms with van der Waals surface area (Å²) in [4.78, 5) is 2.14. The van der Waals surface area contributed by atoms with Gasteiger partial charge in [0.15, 0.2) is 0 Å². The summed E-state index contributed by atoms with van der Waals surface area (Å²) in [5.41, 5.74) is 0. The molecule has 3 nitrogen and oxygen atoms in total. The lowest BCUT2D eigenvalue weighted by Gasteiger charge is -2.12. The summed E-state index contributed by atoms with van der Waals surface area (Å²) in [5.74, 6) is 0. The number of aliphatic hydroxyl groups is 1. The lowest BCUT2D eigenvalue weighted by molar-refractivity contribution is 0.132. The predicted octanol–water partition coefficient (Wildman–Crippen LogP) is 0.256. The Kier molecular flexibility index (Phi) is 6.51. The van der Waals surface area contributed by atoms with Crippen LogP contribution in [0.4, 0.5) is 0 Å². The van der Waals surface area contributed by atoms with E-state index >= 15 is 0 Å². The smallest absolute Gasteiger partial charge is 0.104 e. The highest BCUT2D eigenvalue weighted by Gasteiger charge is 1.97. The van der Waals surface area contributed by atoms with Crippen LogP contribution in [-0.4, -0.2) is 43.4 Å². The molecule has 3 heteroatoms. The largest absolute Gasteiger partial charge is 0.379 e. The molecule has 1 unspecified atom stereocenters.